The lowest BCUT2D eigenvalue weighted by Gasteiger charge is -2.21. The van der Waals surface area contributed by atoms with Crippen LogP contribution in [0.1, 0.15) is 24.7 Å². The van der Waals surface area contributed by atoms with Gasteiger partial charge in [0.2, 0.25) is 0 Å². The molecule has 0 atom stereocenters. The largest absolute Gasteiger partial charge is 0.385 e. The molecule has 17 heavy (non-hydrogen) atoms. The number of nitrogens with zero attached hydrogens (tertiary/aromatic N) is 3. The number of methoxy groups -OCH3 is 1. The fraction of sp³-hybridized carbons (Fsp3) is 0.667. The van der Waals surface area contributed by atoms with E-state index in [0.29, 0.717) is 5.82 Å². The standard InChI is InChI=1S/C12H22N4O/c1-5-10-14-11(13)9(2)12(15-10)16(3)7-6-8-17-4/h5-8H2,1-4H3,(H2,13,14,15). The summed E-state index contributed by atoms with van der Waals surface area (Å²) in [6, 6.07) is 0. The summed E-state index contributed by atoms with van der Waals surface area (Å²) in [5.74, 6) is 2.29. The zero-order chi connectivity index (χ0) is 12.8. The van der Waals surface area contributed by atoms with Crippen LogP contribution < -0.4 is 10.6 Å². The van der Waals surface area contributed by atoms with E-state index in [0.717, 1.165) is 43.2 Å². The van der Waals surface area contributed by atoms with Crippen LogP contribution in [0.3, 0.4) is 0 Å². The number of anilines is 2. The van der Waals surface area contributed by atoms with Crippen molar-refractivity contribution in [1.82, 2.24) is 9.97 Å². The molecule has 5 heteroatoms. The van der Waals surface area contributed by atoms with Gasteiger partial charge < -0.3 is 15.4 Å². The number of nitrogen functional groups attached to an aromatic ring is 1. The predicted molar refractivity (Wildman–Crippen MR) is 70.3 cm³/mol. The zero-order valence-electron chi connectivity index (χ0n) is 11.2. The SMILES string of the molecule is CCc1nc(N)c(C)c(N(C)CCCOC)n1. The number of ether oxygens (including phenoxy) is 1. The predicted octanol–water partition coefficient (Wildman–Crippen LogP) is 1.40. The normalized spacial score (nSPS) is 10.6. The molecule has 0 saturated heterocycles. The molecule has 0 radical (unpaired) electrons. The Morgan fingerprint density at radius 1 is 1.35 bits per heavy atom. The third kappa shape index (κ3) is 3.56. The Morgan fingerprint density at radius 2 is 2.06 bits per heavy atom. The molecule has 2 N–H and O–H groups in total. The van der Waals surface area contributed by atoms with Crippen LogP contribution in [0.5, 0.6) is 0 Å². The fourth-order valence-electron chi connectivity index (χ4n) is 1.65. The van der Waals surface area contributed by atoms with Crippen molar-refractivity contribution in [1.29, 1.82) is 0 Å². The molecule has 0 spiro atoms. The van der Waals surface area contributed by atoms with Crippen LogP contribution in [0.15, 0.2) is 0 Å². The van der Waals surface area contributed by atoms with Crippen LogP contribution in [0.4, 0.5) is 11.6 Å². The van der Waals surface area contributed by atoms with Gasteiger partial charge in [-0.05, 0) is 13.3 Å². The van der Waals surface area contributed by atoms with Gasteiger partial charge in [0, 0.05) is 39.3 Å². The molecule has 0 aromatic carbocycles. The average Bonchev–Trinajstić information content (AvgIpc) is 2.32. The fourth-order valence-corrected chi connectivity index (χ4v) is 1.65. The van der Waals surface area contributed by atoms with E-state index in [1.165, 1.54) is 0 Å². The molecule has 0 bridgehead atoms. The molecule has 0 amide bonds. The minimum atomic E-state index is 0.574. The molecule has 0 aliphatic carbocycles. The second-order valence-electron chi connectivity index (χ2n) is 4.10. The Hall–Kier alpha value is -1.36. The van der Waals surface area contributed by atoms with Crippen LogP contribution in [0.25, 0.3) is 0 Å². The highest BCUT2D eigenvalue weighted by molar-refractivity contribution is 5.56. The number of hydrogen-bond donors (Lipinski definition) is 1. The number of nitrogens with two attached hydrogens (primary N) is 1. The van der Waals surface area contributed by atoms with E-state index in [-0.39, 0.29) is 0 Å². The van der Waals surface area contributed by atoms with Crippen LogP contribution in [0.2, 0.25) is 0 Å². The Balaban J connectivity index is 2.84. The van der Waals surface area contributed by atoms with Gasteiger partial charge in [-0.25, -0.2) is 9.97 Å². The highest BCUT2D eigenvalue weighted by Gasteiger charge is 2.11. The van der Waals surface area contributed by atoms with Crippen LogP contribution in [-0.4, -0.2) is 37.3 Å². The van der Waals surface area contributed by atoms with E-state index < -0.39 is 0 Å². The molecule has 5 nitrogen and oxygen atoms in total. The topological polar surface area (TPSA) is 64.3 Å². The third-order valence-corrected chi connectivity index (χ3v) is 2.72. The molecule has 96 valence electrons. The van der Waals surface area contributed by atoms with Gasteiger partial charge in [0.05, 0.1) is 0 Å². The van der Waals surface area contributed by atoms with Gasteiger partial charge in [-0.15, -0.1) is 0 Å². The first-order chi connectivity index (χ1) is 8.10. The summed E-state index contributed by atoms with van der Waals surface area (Å²) in [6.07, 6.45) is 1.77. The molecule has 0 fully saturated rings. The van der Waals surface area contributed by atoms with Crippen molar-refractivity contribution in [2.45, 2.75) is 26.7 Å². The van der Waals surface area contributed by atoms with Crippen LogP contribution >= 0.6 is 0 Å². The first-order valence-corrected chi connectivity index (χ1v) is 5.93. The van der Waals surface area contributed by atoms with Gasteiger partial charge in [0.25, 0.3) is 0 Å². The lowest BCUT2D eigenvalue weighted by atomic mass is 10.2. The number of aryl methyl sites for hydroxylation is 1. The Morgan fingerprint density at radius 3 is 2.65 bits per heavy atom. The number of aromatic nitrogens is 2. The maximum Gasteiger partial charge on any atom is 0.137 e. The monoisotopic (exact) mass is 238 g/mol. The summed E-state index contributed by atoms with van der Waals surface area (Å²) < 4.78 is 5.04. The van der Waals surface area contributed by atoms with Crippen molar-refractivity contribution in [2.24, 2.45) is 0 Å². The minimum absolute atomic E-state index is 0.574. The molecule has 0 saturated carbocycles. The van der Waals surface area contributed by atoms with Gasteiger partial charge in [0.1, 0.15) is 17.5 Å². The van der Waals surface area contributed by atoms with Crippen molar-refractivity contribution in [3.05, 3.63) is 11.4 Å². The number of hydrogen-bond acceptors (Lipinski definition) is 5. The summed E-state index contributed by atoms with van der Waals surface area (Å²) in [6.45, 7) is 5.63. The molecule has 1 rings (SSSR count). The van der Waals surface area contributed by atoms with Gasteiger partial charge in [-0.2, -0.15) is 0 Å². The molecule has 0 aliphatic rings. The van der Waals surface area contributed by atoms with E-state index in [1.807, 2.05) is 20.9 Å². The molecule has 0 aliphatic heterocycles. The molecule has 1 aromatic heterocycles. The van der Waals surface area contributed by atoms with Crippen molar-refractivity contribution in [3.8, 4) is 0 Å². The summed E-state index contributed by atoms with van der Waals surface area (Å²) in [7, 11) is 3.73. The highest BCUT2D eigenvalue weighted by atomic mass is 16.5. The molecular weight excluding hydrogens is 216 g/mol. The lowest BCUT2D eigenvalue weighted by Crippen LogP contribution is -2.23. The van der Waals surface area contributed by atoms with Crippen molar-refractivity contribution >= 4 is 11.6 Å². The summed E-state index contributed by atoms with van der Waals surface area (Å²) >= 11 is 0. The summed E-state index contributed by atoms with van der Waals surface area (Å²) in [5.41, 5.74) is 6.83. The van der Waals surface area contributed by atoms with Crippen LogP contribution in [-0.2, 0) is 11.2 Å². The van der Waals surface area contributed by atoms with Gasteiger partial charge in [-0.3, -0.25) is 0 Å². The minimum Gasteiger partial charge on any atom is -0.385 e. The highest BCUT2D eigenvalue weighted by Crippen LogP contribution is 2.20. The molecule has 1 heterocycles. The Kier molecular flexibility index (Phi) is 5.15. The lowest BCUT2D eigenvalue weighted by molar-refractivity contribution is 0.196. The second-order valence-corrected chi connectivity index (χ2v) is 4.10. The molecule has 0 unspecified atom stereocenters. The molecule has 1 aromatic rings. The first-order valence-electron chi connectivity index (χ1n) is 5.93. The van der Waals surface area contributed by atoms with E-state index in [4.69, 9.17) is 10.5 Å². The summed E-state index contributed by atoms with van der Waals surface area (Å²) in [5, 5.41) is 0. The van der Waals surface area contributed by atoms with Crippen LogP contribution in [0, 0.1) is 6.92 Å². The van der Waals surface area contributed by atoms with Crippen molar-refractivity contribution in [2.75, 3.05) is 37.9 Å². The van der Waals surface area contributed by atoms with E-state index >= 15 is 0 Å². The smallest absolute Gasteiger partial charge is 0.137 e. The second kappa shape index (κ2) is 6.39. The van der Waals surface area contributed by atoms with Gasteiger partial charge in [0.15, 0.2) is 0 Å². The van der Waals surface area contributed by atoms with E-state index in [2.05, 4.69) is 14.9 Å². The van der Waals surface area contributed by atoms with E-state index in [1.54, 1.807) is 7.11 Å². The Bertz CT molecular complexity index is 368. The average molecular weight is 238 g/mol. The quantitative estimate of drug-likeness (QED) is 0.759. The molecular formula is C12H22N4O. The first kappa shape index (κ1) is 13.7. The maximum absolute atomic E-state index is 5.89. The maximum atomic E-state index is 5.89. The zero-order valence-corrected chi connectivity index (χ0v) is 11.2. The van der Waals surface area contributed by atoms with Crippen molar-refractivity contribution in [3.63, 3.8) is 0 Å². The number of rotatable bonds is 6. The van der Waals surface area contributed by atoms with Gasteiger partial charge in [-0.1, -0.05) is 6.92 Å². The van der Waals surface area contributed by atoms with Gasteiger partial charge >= 0.3 is 0 Å². The van der Waals surface area contributed by atoms with E-state index in [9.17, 15) is 0 Å². The van der Waals surface area contributed by atoms with Crippen molar-refractivity contribution < 1.29 is 4.74 Å². The summed E-state index contributed by atoms with van der Waals surface area (Å²) in [4.78, 5) is 10.9. The Labute approximate surface area is 103 Å². The third-order valence-electron chi connectivity index (χ3n) is 2.72.